The molecule has 2 aromatic rings. The number of fused-ring (bicyclic) bond motifs is 1. The molecule has 0 spiro atoms. The SMILES string of the molecule is COC(=O)n1c(C)nc2ccccc21. The van der Waals surface area contributed by atoms with Gasteiger partial charge in [-0.1, -0.05) is 12.1 Å². The van der Waals surface area contributed by atoms with Crippen molar-refractivity contribution in [3.8, 4) is 0 Å². The number of aryl methyl sites for hydroxylation is 1. The average molecular weight is 190 g/mol. The van der Waals surface area contributed by atoms with Gasteiger partial charge in [0, 0.05) is 0 Å². The highest BCUT2D eigenvalue weighted by Crippen LogP contribution is 2.15. The van der Waals surface area contributed by atoms with Crippen LogP contribution in [0.15, 0.2) is 24.3 Å². The first-order chi connectivity index (χ1) is 6.74. The number of benzene rings is 1. The maximum atomic E-state index is 11.4. The lowest BCUT2D eigenvalue weighted by Crippen LogP contribution is -2.12. The van der Waals surface area contributed by atoms with Crippen molar-refractivity contribution >= 4 is 17.1 Å². The lowest BCUT2D eigenvalue weighted by atomic mass is 10.3. The van der Waals surface area contributed by atoms with Crippen molar-refractivity contribution in [2.24, 2.45) is 0 Å². The molecular weight excluding hydrogens is 180 g/mol. The average Bonchev–Trinajstić information content (AvgIpc) is 2.53. The first-order valence-corrected chi connectivity index (χ1v) is 4.26. The third kappa shape index (κ3) is 1.16. The summed E-state index contributed by atoms with van der Waals surface area (Å²) in [5, 5.41) is 0. The van der Waals surface area contributed by atoms with Gasteiger partial charge in [-0.05, 0) is 19.1 Å². The highest BCUT2D eigenvalue weighted by Gasteiger charge is 2.12. The van der Waals surface area contributed by atoms with Crippen LogP contribution in [0, 0.1) is 6.92 Å². The normalized spacial score (nSPS) is 10.4. The van der Waals surface area contributed by atoms with E-state index in [0.717, 1.165) is 11.0 Å². The van der Waals surface area contributed by atoms with E-state index < -0.39 is 6.09 Å². The van der Waals surface area contributed by atoms with Crippen LogP contribution in [0.2, 0.25) is 0 Å². The maximum Gasteiger partial charge on any atom is 0.419 e. The third-order valence-corrected chi connectivity index (χ3v) is 2.09. The molecule has 0 fully saturated rings. The summed E-state index contributed by atoms with van der Waals surface area (Å²) in [4.78, 5) is 15.7. The van der Waals surface area contributed by atoms with Crippen LogP contribution in [0.3, 0.4) is 0 Å². The second-order valence-electron chi connectivity index (χ2n) is 2.95. The van der Waals surface area contributed by atoms with Gasteiger partial charge in [-0.15, -0.1) is 0 Å². The van der Waals surface area contributed by atoms with Gasteiger partial charge in [-0.2, -0.15) is 0 Å². The molecule has 0 saturated heterocycles. The number of hydrogen-bond acceptors (Lipinski definition) is 3. The molecule has 0 aliphatic rings. The van der Waals surface area contributed by atoms with Crippen molar-refractivity contribution in [3.05, 3.63) is 30.1 Å². The molecule has 0 aliphatic carbocycles. The number of rotatable bonds is 0. The molecule has 0 saturated carbocycles. The first-order valence-electron chi connectivity index (χ1n) is 4.26. The zero-order valence-electron chi connectivity index (χ0n) is 8.02. The highest BCUT2D eigenvalue weighted by atomic mass is 16.5. The van der Waals surface area contributed by atoms with Gasteiger partial charge < -0.3 is 4.74 Å². The fourth-order valence-corrected chi connectivity index (χ4v) is 1.47. The molecule has 4 heteroatoms. The summed E-state index contributed by atoms with van der Waals surface area (Å²) in [5.41, 5.74) is 1.58. The Hall–Kier alpha value is -1.84. The van der Waals surface area contributed by atoms with Crippen LogP contribution < -0.4 is 0 Å². The first kappa shape index (κ1) is 8.74. The molecule has 0 amide bonds. The predicted molar refractivity (Wildman–Crippen MR) is 52.3 cm³/mol. The van der Waals surface area contributed by atoms with E-state index in [4.69, 9.17) is 0 Å². The largest absolute Gasteiger partial charge is 0.452 e. The van der Waals surface area contributed by atoms with Gasteiger partial charge in [0.1, 0.15) is 5.82 Å². The highest BCUT2D eigenvalue weighted by molar-refractivity contribution is 5.87. The second kappa shape index (κ2) is 3.14. The van der Waals surface area contributed by atoms with Crippen LogP contribution in [0.5, 0.6) is 0 Å². The molecule has 14 heavy (non-hydrogen) atoms. The minimum absolute atomic E-state index is 0.406. The van der Waals surface area contributed by atoms with Gasteiger partial charge in [-0.25, -0.2) is 14.3 Å². The molecule has 1 heterocycles. The summed E-state index contributed by atoms with van der Waals surface area (Å²) in [6.45, 7) is 1.77. The van der Waals surface area contributed by atoms with Crippen LogP contribution in [0.25, 0.3) is 11.0 Å². The van der Waals surface area contributed by atoms with Crippen LogP contribution in [-0.4, -0.2) is 22.8 Å². The molecule has 0 unspecified atom stereocenters. The van der Waals surface area contributed by atoms with E-state index in [9.17, 15) is 4.79 Å². The van der Waals surface area contributed by atoms with E-state index in [1.54, 1.807) is 6.92 Å². The van der Waals surface area contributed by atoms with E-state index in [0.29, 0.717) is 5.82 Å². The number of carbonyl (C=O) groups is 1. The molecule has 0 N–H and O–H groups in total. The Labute approximate surface area is 81.1 Å². The zero-order valence-corrected chi connectivity index (χ0v) is 8.02. The van der Waals surface area contributed by atoms with Crippen molar-refractivity contribution in [2.75, 3.05) is 7.11 Å². The van der Waals surface area contributed by atoms with Crippen molar-refractivity contribution in [1.29, 1.82) is 0 Å². The Morgan fingerprint density at radius 3 is 2.86 bits per heavy atom. The third-order valence-electron chi connectivity index (χ3n) is 2.09. The number of aromatic nitrogens is 2. The molecule has 1 aromatic carbocycles. The number of para-hydroxylation sites is 2. The summed E-state index contributed by atoms with van der Waals surface area (Å²) >= 11 is 0. The predicted octanol–water partition coefficient (Wildman–Crippen LogP) is 1.96. The minimum Gasteiger partial charge on any atom is -0.452 e. The van der Waals surface area contributed by atoms with E-state index in [1.165, 1.54) is 11.7 Å². The molecular formula is C10H10N2O2. The van der Waals surface area contributed by atoms with E-state index in [2.05, 4.69) is 9.72 Å². The van der Waals surface area contributed by atoms with Gasteiger partial charge >= 0.3 is 6.09 Å². The fourth-order valence-electron chi connectivity index (χ4n) is 1.47. The molecule has 72 valence electrons. The van der Waals surface area contributed by atoms with Crippen LogP contribution in [0.1, 0.15) is 5.82 Å². The summed E-state index contributed by atoms with van der Waals surface area (Å²) in [5.74, 6) is 0.637. The van der Waals surface area contributed by atoms with Crippen molar-refractivity contribution in [1.82, 2.24) is 9.55 Å². The molecule has 2 rings (SSSR count). The van der Waals surface area contributed by atoms with Crippen LogP contribution in [-0.2, 0) is 4.74 Å². The Balaban J connectivity index is 2.74. The van der Waals surface area contributed by atoms with Crippen molar-refractivity contribution < 1.29 is 9.53 Å². The lowest BCUT2D eigenvalue weighted by molar-refractivity contribution is 0.173. The molecule has 0 bridgehead atoms. The molecule has 0 aliphatic heterocycles. The van der Waals surface area contributed by atoms with Crippen molar-refractivity contribution in [2.45, 2.75) is 6.92 Å². The summed E-state index contributed by atoms with van der Waals surface area (Å²) in [6, 6.07) is 7.45. The van der Waals surface area contributed by atoms with Crippen LogP contribution >= 0.6 is 0 Å². The molecule has 0 atom stereocenters. The quantitative estimate of drug-likeness (QED) is 0.637. The Morgan fingerprint density at radius 1 is 1.43 bits per heavy atom. The lowest BCUT2D eigenvalue weighted by Gasteiger charge is -2.01. The summed E-state index contributed by atoms with van der Waals surface area (Å²) in [6.07, 6.45) is -0.406. The number of carbonyl (C=O) groups excluding carboxylic acids is 1. The van der Waals surface area contributed by atoms with E-state index in [1.807, 2.05) is 24.3 Å². The molecule has 0 radical (unpaired) electrons. The number of hydrogen-bond donors (Lipinski definition) is 0. The van der Waals surface area contributed by atoms with Gasteiger partial charge in [0.2, 0.25) is 0 Å². The maximum absolute atomic E-state index is 11.4. The Kier molecular flexibility index (Phi) is 1.96. The number of methoxy groups -OCH3 is 1. The summed E-state index contributed by atoms with van der Waals surface area (Å²) in [7, 11) is 1.36. The van der Waals surface area contributed by atoms with E-state index in [-0.39, 0.29) is 0 Å². The minimum atomic E-state index is -0.406. The van der Waals surface area contributed by atoms with Crippen LogP contribution in [0.4, 0.5) is 4.79 Å². The monoisotopic (exact) mass is 190 g/mol. The summed E-state index contributed by atoms with van der Waals surface area (Å²) < 4.78 is 6.12. The topological polar surface area (TPSA) is 44.1 Å². The van der Waals surface area contributed by atoms with Gasteiger partial charge in [0.25, 0.3) is 0 Å². The van der Waals surface area contributed by atoms with Gasteiger partial charge in [0.05, 0.1) is 18.1 Å². The van der Waals surface area contributed by atoms with Gasteiger partial charge in [0.15, 0.2) is 0 Å². The number of imidazole rings is 1. The fraction of sp³-hybridized carbons (Fsp3) is 0.200. The number of nitrogens with zero attached hydrogens (tertiary/aromatic N) is 2. The molecule has 4 nitrogen and oxygen atoms in total. The standard InChI is InChI=1S/C10H10N2O2/c1-7-11-8-5-3-4-6-9(8)12(7)10(13)14-2/h3-6H,1-2H3. The van der Waals surface area contributed by atoms with Crippen molar-refractivity contribution in [3.63, 3.8) is 0 Å². The second-order valence-corrected chi connectivity index (χ2v) is 2.95. The molecule has 1 aromatic heterocycles. The van der Waals surface area contributed by atoms with E-state index >= 15 is 0 Å². The Morgan fingerprint density at radius 2 is 2.14 bits per heavy atom. The smallest absolute Gasteiger partial charge is 0.419 e. The number of ether oxygens (including phenoxy) is 1. The van der Waals surface area contributed by atoms with Gasteiger partial charge in [-0.3, -0.25) is 0 Å². The Bertz CT molecular complexity index is 488. The zero-order chi connectivity index (χ0) is 10.1.